The summed E-state index contributed by atoms with van der Waals surface area (Å²) in [6.45, 7) is 16.8. The fraction of sp³-hybridized carbons (Fsp3) is 0.638. The number of alkyl halides is 3. The van der Waals surface area contributed by atoms with E-state index in [0.29, 0.717) is 33.0 Å². The van der Waals surface area contributed by atoms with Gasteiger partial charge in [-0.15, -0.1) is 34.0 Å². The van der Waals surface area contributed by atoms with Crippen LogP contribution in [0, 0.1) is 0 Å². The first-order chi connectivity index (χ1) is 39.5. The number of esters is 1. The van der Waals surface area contributed by atoms with Crippen molar-refractivity contribution < 1.29 is 41.9 Å². The summed E-state index contributed by atoms with van der Waals surface area (Å²) in [5.74, 6) is 0.235. The summed E-state index contributed by atoms with van der Waals surface area (Å²) in [5, 5.41) is 4.77. The van der Waals surface area contributed by atoms with E-state index in [4.69, 9.17) is 20.4 Å². The number of nitrogens with two attached hydrogens (primary N) is 1. The van der Waals surface area contributed by atoms with E-state index in [2.05, 4.69) is 41.2 Å². The number of hydrogen-bond acceptors (Lipinski definition) is 17. The Kier molecular flexibility index (Phi) is 15.8. The SMILES string of the molecule is CC1(C)CC(=O)N2C[C@H](F)C[C@H]2C(=O)N1.CN1CCc2c(sc3nc4n(c(=O)c23)C(C)(C)CC(=O)N2C[C@H](F)C[C@@H]42)C1.CN1CCc2c(sc3nc4n(c(=O)c23)C(C)(C)CC(=O)N2C[C@H](F)C[C@H]42)C1.COC(=O)c1c(N)sc2c1CCN(C)C2. The molecular weight excluding hydrogens is 1150 g/mol. The molecule has 0 aromatic carbocycles. The number of rotatable bonds is 1. The molecule has 3 N–H and O–H groups in total. The topological polar surface area (TPSA) is 222 Å². The van der Waals surface area contributed by atoms with Crippen LogP contribution in [0.1, 0.15) is 145 Å². The number of fused-ring (bicyclic) bond motifs is 14. The molecule has 14 rings (SSSR count). The van der Waals surface area contributed by atoms with Gasteiger partial charge in [-0.2, -0.15) is 0 Å². The van der Waals surface area contributed by atoms with Crippen molar-refractivity contribution >= 4 is 89.0 Å². The minimum atomic E-state index is -1.06. The van der Waals surface area contributed by atoms with Crippen molar-refractivity contribution in [2.45, 2.75) is 172 Å². The lowest BCUT2D eigenvalue weighted by Gasteiger charge is -2.27. The molecule has 0 radical (unpaired) electrons. The van der Waals surface area contributed by atoms with Crippen molar-refractivity contribution in [1.29, 1.82) is 0 Å². The smallest absolute Gasteiger partial charge is 0.341 e. The Labute approximate surface area is 497 Å². The summed E-state index contributed by atoms with van der Waals surface area (Å²) in [6.07, 6.45) is 0.536. The number of hydrogen-bond donors (Lipinski definition) is 2. The molecule has 14 heterocycles. The molecule has 9 aliphatic heterocycles. The predicted octanol–water partition coefficient (Wildman–Crippen LogP) is 5.72. The van der Waals surface area contributed by atoms with Gasteiger partial charge in [0.15, 0.2) is 0 Å². The van der Waals surface area contributed by atoms with E-state index in [0.717, 1.165) is 84.9 Å². The number of amides is 4. The molecule has 6 atom stereocenters. The summed E-state index contributed by atoms with van der Waals surface area (Å²) in [5.41, 5.74) is 7.71. The molecular formula is C58H75F3N12O8S3. The van der Waals surface area contributed by atoms with Gasteiger partial charge in [-0.05, 0) is 98.6 Å². The van der Waals surface area contributed by atoms with E-state index in [-0.39, 0.29) is 98.9 Å². The van der Waals surface area contributed by atoms with Gasteiger partial charge in [-0.1, -0.05) is 0 Å². The number of nitrogens with zero attached hydrogens (tertiary/aromatic N) is 10. The standard InChI is InChI=1S/2C19H23FN4O2S.C10H15FN2O2.C10H14N2O2S/c2*1-19(2)7-14(25)23-8-10(20)6-12(23)16-21-17-15(18(26)24(16)19)11-4-5-22(3)9-13(11)27-17;1-10(2)4-8(14)13-5-6(11)3-7(13)9(15)12-10;1-12-4-3-6-7(5-12)15-9(11)8(6)10(13)14-2/h2*10,12H,4-9H2,1-3H3;6-7H,3-5H2,1-2H3,(H,12,15);3-5,11H2,1-2H3/t10-,12+;10-,12-;6-,7+;/m111./s1. The average Bonchev–Trinajstić information content (AvgIpc) is 2.07. The zero-order valence-corrected chi connectivity index (χ0v) is 51.8. The summed E-state index contributed by atoms with van der Waals surface area (Å²) in [7, 11) is 7.61. The average molecular weight is 1220 g/mol. The van der Waals surface area contributed by atoms with Gasteiger partial charge >= 0.3 is 5.97 Å². The highest BCUT2D eigenvalue weighted by Gasteiger charge is 2.49. The van der Waals surface area contributed by atoms with Crippen LogP contribution in [-0.4, -0.2) is 176 Å². The van der Waals surface area contributed by atoms with Gasteiger partial charge in [0.05, 0.1) is 79.1 Å². The van der Waals surface area contributed by atoms with Crippen molar-refractivity contribution in [2.24, 2.45) is 0 Å². The molecule has 4 saturated heterocycles. The number of ether oxygens (including phenoxy) is 1. The quantitative estimate of drug-likeness (QED) is 0.192. The van der Waals surface area contributed by atoms with Gasteiger partial charge < -0.3 is 45.2 Å². The summed E-state index contributed by atoms with van der Waals surface area (Å²) in [4.78, 5) is 114. The van der Waals surface area contributed by atoms with Gasteiger partial charge in [-0.25, -0.2) is 27.9 Å². The minimum absolute atomic E-state index is 0.0625. The first-order valence-corrected chi connectivity index (χ1v) is 31.3. The molecule has 0 spiro atoms. The number of methoxy groups -OCH3 is 1. The number of halogens is 3. The Morgan fingerprint density at radius 2 is 0.964 bits per heavy atom. The van der Waals surface area contributed by atoms with Crippen LogP contribution in [0.5, 0.6) is 0 Å². The predicted molar refractivity (Wildman–Crippen MR) is 316 cm³/mol. The minimum Gasteiger partial charge on any atom is -0.465 e. The second-order valence-electron chi connectivity index (χ2n) is 26.0. The zero-order valence-electron chi connectivity index (χ0n) is 49.4. The number of likely N-dealkylation sites (N-methyl/N-ethyl adjacent to an activating group) is 3. The van der Waals surface area contributed by atoms with Gasteiger partial charge in [-0.3, -0.25) is 37.9 Å². The third-order valence-corrected chi connectivity index (χ3v) is 21.2. The summed E-state index contributed by atoms with van der Waals surface area (Å²) < 4.78 is 49.6. The van der Waals surface area contributed by atoms with E-state index >= 15 is 0 Å². The Morgan fingerprint density at radius 1 is 0.583 bits per heavy atom. The monoisotopic (exact) mass is 1220 g/mol. The highest BCUT2D eigenvalue weighted by Crippen LogP contribution is 2.44. The van der Waals surface area contributed by atoms with Crippen molar-refractivity contribution in [1.82, 2.24) is 53.8 Å². The van der Waals surface area contributed by atoms with Crippen LogP contribution < -0.4 is 22.2 Å². The molecule has 5 aromatic heterocycles. The second-order valence-corrected chi connectivity index (χ2v) is 29.3. The van der Waals surface area contributed by atoms with Gasteiger partial charge in [0.2, 0.25) is 23.6 Å². The molecule has 0 unspecified atom stereocenters. The van der Waals surface area contributed by atoms with Crippen LogP contribution in [0.2, 0.25) is 0 Å². The molecule has 84 heavy (non-hydrogen) atoms. The number of nitrogen functional groups attached to an aromatic ring is 1. The number of aromatic nitrogens is 4. The van der Waals surface area contributed by atoms with Crippen LogP contribution in [0.15, 0.2) is 9.59 Å². The van der Waals surface area contributed by atoms with Gasteiger partial charge in [0.1, 0.15) is 50.9 Å². The van der Waals surface area contributed by atoms with E-state index in [1.54, 1.807) is 55.5 Å². The van der Waals surface area contributed by atoms with Crippen molar-refractivity contribution in [3.8, 4) is 0 Å². The zero-order chi connectivity index (χ0) is 60.4. The molecule has 0 bridgehead atoms. The van der Waals surface area contributed by atoms with E-state index in [1.807, 2.05) is 27.7 Å². The summed E-state index contributed by atoms with van der Waals surface area (Å²) >= 11 is 4.64. The maximum absolute atomic E-state index is 14.1. The van der Waals surface area contributed by atoms with Crippen LogP contribution in [0.4, 0.5) is 18.2 Å². The van der Waals surface area contributed by atoms with Crippen LogP contribution >= 0.6 is 34.0 Å². The molecule has 20 nitrogen and oxygen atoms in total. The molecule has 26 heteroatoms. The number of nitrogens with one attached hydrogen (secondary N) is 1. The van der Waals surface area contributed by atoms with Crippen molar-refractivity contribution in [3.63, 3.8) is 0 Å². The molecule has 0 saturated carbocycles. The first kappa shape index (κ1) is 59.9. The van der Waals surface area contributed by atoms with Crippen molar-refractivity contribution in [2.75, 3.05) is 73.3 Å². The Morgan fingerprint density at radius 3 is 1.39 bits per heavy atom. The molecule has 4 fully saturated rings. The molecule has 5 aromatic rings. The number of thiophene rings is 3. The lowest BCUT2D eigenvalue weighted by molar-refractivity contribution is -0.135. The Bertz CT molecular complexity index is 3460. The van der Waals surface area contributed by atoms with E-state index in [1.165, 1.54) is 38.0 Å². The highest BCUT2D eigenvalue weighted by molar-refractivity contribution is 7.19. The van der Waals surface area contributed by atoms with Crippen LogP contribution in [0.25, 0.3) is 20.4 Å². The molecule has 454 valence electrons. The Hall–Kier alpha value is -5.80. The lowest BCUT2D eigenvalue weighted by atomic mass is 9.98. The van der Waals surface area contributed by atoms with Crippen LogP contribution in [0.3, 0.4) is 0 Å². The molecule has 4 amide bonds. The lowest BCUT2D eigenvalue weighted by Crippen LogP contribution is -2.46. The Balaban J connectivity index is 0.000000122. The fourth-order valence-electron chi connectivity index (χ4n) is 13.8. The van der Waals surface area contributed by atoms with Crippen LogP contribution in [-0.2, 0) is 73.9 Å². The summed E-state index contributed by atoms with van der Waals surface area (Å²) in [6, 6.07) is -1.50. The highest BCUT2D eigenvalue weighted by atomic mass is 32.1. The number of anilines is 1. The fourth-order valence-corrected chi connectivity index (χ4v) is 17.6. The van der Waals surface area contributed by atoms with Crippen molar-refractivity contribution in [3.05, 3.63) is 69.2 Å². The van der Waals surface area contributed by atoms with Gasteiger partial charge in [0, 0.05) is 85.1 Å². The normalized spacial score (nSPS) is 26.7. The van der Waals surface area contributed by atoms with E-state index < -0.39 is 53.3 Å². The third-order valence-electron chi connectivity index (χ3n) is 17.9. The van der Waals surface area contributed by atoms with Gasteiger partial charge in [0.25, 0.3) is 11.1 Å². The molecule has 9 aliphatic rings. The molecule has 0 aliphatic carbocycles. The number of carbonyl (C=O) groups is 5. The maximum atomic E-state index is 14.1. The van der Waals surface area contributed by atoms with E-state index in [9.17, 15) is 46.7 Å². The maximum Gasteiger partial charge on any atom is 0.341 e. The largest absolute Gasteiger partial charge is 0.465 e. The third kappa shape index (κ3) is 10.9. The number of carbonyl (C=O) groups excluding carboxylic acids is 5. The second kappa shape index (κ2) is 22.2. The first-order valence-electron chi connectivity index (χ1n) is 28.9.